The average molecular weight is 276 g/mol. The third-order valence-corrected chi connectivity index (χ3v) is 4.09. The summed E-state index contributed by atoms with van der Waals surface area (Å²) in [6.07, 6.45) is 3.60. The first kappa shape index (κ1) is 15.2. The predicted octanol–water partition coefficient (Wildman–Crippen LogP) is 3.44. The van der Waals surface area contributed by atoms with Crippen molar-refractivity contribution in [2.24, 2.45) is 0 Å². The number of rotatable bonds is 4. The summed E-state index contributed by atoms with van der Waals surface area (Å²) in [4.78, 5) is 2.50. The van der Waals surface area contributed by atoms with Gasteiger partial charge in [0.2, 0.25) is 0 Å². The lowest BCUT2D eigenvalue weighted by atomic mass is 10.1. The monoisotopic (exact) mass is 276 g/mol. The SMILES string of the molecule is CCOc1cccc(N2CCC(C)NC(CC)CC2)c1. The van der Waals surface area contributed by atoms with Crippen LogP contribution in [0.4, 0.5) is 5.69 Å². The fraction of sp³-hybridized carbons (Fsp3) is 0.647. The van der Waals surface area contributed by atoms with Gasteiger partial charge >= 0.3 is 0 Å². The zero-order valence-corrected chi connectivity index (χ0v) is 13.1. The summed E-state index contributed by atoms with van der Waals surface area (Å²) in [5.74, 6) is 0.977. The van der Waals surface area contributed by atoms with E-state index >= 15 is 0 Å². The van der Waals surface area contributed by atoms with E-state index in [4.69, 9.17) is 4.74 Å². The van der Waals surface area contributed by atoms with Crippen LogP contribution in [0.5, 0.6) is 5.75 Å². The van der Waals surface area contributed by atoms with Crippen LogP contribution in [0.1, 0.15) is 40.0 Å². The van der Waals surface area contributed by atoms with Gasteiger partial charge in [-0.05, 0) is 45.2 Å². The highest BCUT2D eigenvalue weighted by molar-refractivity contribution is 5.50. The van der Waals surface area contributed by atoms with Crippen molar-refractivity contribution in [3.8, 4) is 5.75 Å². The molecule has 2 rings (SSSR count). The molecule has 1 heterocycles. The minimum absolute atomic E-state index is 0.595. The van der Waals surface area contributed by atoms with E-state index in [1.165, 1.54) is 24.9 Å². The van der Waals surface area contributed by atoms with Gasteiger partial charge in [-0.3, -0.25) is 0 Å². The Bertz CT molecular complexity index is 408. The minimum atomic E-state index is 0.595. The van der Waals surface area contributed by atoms with Crippen molar-refractivity contribution in [3.05, 3.63) is 24.3 Å². The summed E-state index contributed by atoms with van der Waals surface area (Å²) in [6.45, 7) is 9.55. The maximum absolute atomic E-state index is 5.62. The van der Waals surface area contributed by atoms with E-state index in [9.17, 15) is 0 Å². The molecule has 2 unspecified atom stereocenters. The first-order valence-electron chi connectivity index (χ1n) is 7.96. The highest BCUT2D eigenvalue weighted by Gasteiger charge is 2.18. The Hall–Kier alpha value is -1.22. The van der Waals surface area contributed by atoms with Gasteiger partial charge in [0.1, 0.15) is 5.75 Å². The van der Waals surface area contributed by atoms with Gasteiger partial charge in [-0.1, -0.05) is 13.0 Å². The number of anilines is 1. The second-order valence-electron chi connectivity index (χ2n) is 5.67. The van der Waals surface area contributed by atoms with E-state index in [0.29, 0.717) is 12.1 Å². The van der Waals surface area contributed by atoms with Crippen molar-refractivity contribution >= 4 is 5.69 Å². The molecule has 1 saturated heterocycles. The fourth-order valence-electron chi connectivity index (χ4n) is 2.86. The topological polar surface area (TPSA) is 24.5 Å². The number of hydrogen-bond donors (Lipinski definition) is 1. The second-order valence-corrected chi connectivity index (χ2v) is 5.67. The molecule has 1 N–H and O–H groups in total. The van der Waals surface area contributed by atoms with Crippen LogP contribution in [0.25, 0.3) is 0 Å². The van der Waals surface area contributed by atoms with Gasteiger partial charge in [0.05, 0.1) is 6.61 Å². The number of nitrogens with one attached hydrogen (secondary N) is 1. The van der Waals surface area contributed by atoms with Crippen molar-refractivity contribution in [3.63, 3.8) is 0 Å². The van der Waals surface area contributed by atoms with E-state index in [1.54, 1.807) is 0 Å². The Labute approximate surface area is 123 Å². The molecule has 1 aromatic carbocycles. The van der Waals surface area contributed by atoms with Crippen LogP contribution in [0, 0.1) is 0 Å². The maximum Gasteiger partial charge on any atom is 0.121 e. The van der Waals surface area contributed by atoms with Crippen LogP contribution < -0.4 is 15.0 Å². The van der Waals surface area contributed by atoms with Gasteiger partial charge in [-0.15, -0.1) is 0 Å². The number of nitrogens with zero attached hydrogens (tertiary/aromatic N) is 1. The molecule has 3 nitrogen and oxygen atoms in total. The van der Waals surface area contributed by atoms with Crippen LogP contribution in [0.15, 0.2) is 24.3 Å². The summed E-state index contributed by atoms with van der Waals surface area (Å²) in [5, 5.41) is 3.72. The molecule has 0 spiro atoms. The zero-order valence-electron chi connectivity index (χ0n) is 13.1. The van der Waals surface area contributed by atoms with Crippen molar-refractivity contribution in [1.82, 2.24) is 5.32 Å². The summed E-state index contributed by atoms with van der Waals surface area (Å²) < 4.78 is 5.62. The van der Waals surface area contributed by atoms with Gasteiger partial charge in [0, 0.05) is 36.9 Å². The summed E-state index contributed by atoms with van der Waals surface area (Å²) >= 11 is 0. The van der Waals surface area contributed by atoms with Gasteiger partial charge in [0.25, 0.3) is 0 Å². The number of hydrogen-bond acceptors (Lipinski definition) is 3. The predicted molar refractivity (Wildman–Crippen MR) is 85.7 cm³/mol. The standard InChI is InChI=1S/C17H28N2O/c1-4-15-10-12-19(11-9-14(3)18-15)16-7-6-8-17(13-16)20-5-2/h6-8,13-15,18H,4-5,9-12H2,1-3H3. The van der Waals surface area contributed by atoms with Crippen LogP contribution in [-0.4, -0.2) is 31.8 Å². The van der Waals surface area contributed by atoms with E-state index < -0.39 is 0 Å². The van der Waals surface area contributed by atoms with Gasteiger partial charge in [-0.25, -0.2) is 0 Å². The smallest absolute Gasteiger partial charge is 0.121 e. The Balaban J connectivity index is 2.07. The van der Waals surface area contributed by atoms with Crippen molar-refractivity contribution in [2.45, 2.75) is 52.1 Å². The minimum Gasteiger partial charge on any atom is -0.494 e. The first-order valence-corrected chi connectivity index (χ1v) is 7.96. The van der Waals surface area contributed by atoms with Gasteiger partial charge in [0.15, 0.2) is 0 Å². The van der Waals surface area contributed by atoms with Gasteiger partial charge in [-0.2, -0.15) is 0 Å². The third-order valence-electron chi connectivity index (χ3n) is 4.09. The fourth-order valence-corrected chi connectivity index (χ4v) is 2.86. The average Bonchev–Trinajstić information content (AvgIpc) is 2.44. The quantitative estimate of drug-likeness (QED) is 0.911. The molecule has 0 amide bonds. The maximum atomic E-state index is 5.62. The van der Waals surface area contributed by atoms with E-state index in [2.05, 4.69) is 42.3 Å². The zero-order chi connectivity index (χ0) is 14.4. The molecule has 0 radical (unpaired) electrons. The molecule has 1 aliphatic rings. The molecule has 112 valence electrons. The molecule has 20 heavy (non-hydrogen) atoms. The summed E-state index contributed by atoms with van der Waals surface area (Å²) in [7, 11) is 0. The second kappa shape index (κ2) is 7.53. The molecule has 0 saturated carbocycles. The lowest BCUT2D eigenvalue weighted by Crippen LogP contribution is -2.44. The number of ether oxygens (including phenoxy) is 1. The summed E-state index contributed by atoms with van der Waals surface area (Å²) in [6, 6.07) is 9.74. The number of benzene rings is 1. The molecule has 1 aromatic rings. The largest absolute Gasteiger partial charge is 0.494 e. The Morgan fingerprint density at radius 2 is 2.05 bits per heavy atom. The lowest BCUT2D eigenvalue weighted by molar-refractivity contribution is 0.340. The first-order chi connectivity index (χ1) is 9.72. The Kier molecular flexibility index (Phi) is 5.72. The van der Waals surface area contributed by atoms with Crippen LogP contribution in [0.2, 0.25) is 0 Å². The Morgan fingerprint density at radius 1 is 1.25 bits per heavy atom. The summed E-state index contributed by atoms with van der Waals surface area (Å²) in [5.41, 5.74) is 1.29. The van der Waals surface area contributed by atoms with Crippen molar-refractivity contribution < 1.29 is 4.74 Å². The van der Waals surface area contributed by atoms with Crippen LogP contribution in [-0.2, 0) is 0 Å². The molecular formula is C17H28N2O. The van der Waals surface area contributed by atoms with E-state index in [0.717, 1.165) is 25.4 Å². The molecule has 0 aromatic heterocycles. The highest BCUT2D eigenvalue weighted by Crippen LogP contribution is 2.23. The highest BCUT2D eigenvalue weighted by atomic mass is 16.5. The third kappa shape index (κ3) is 4.14. The van der Waals surface area contributed by atoms with E-state index in [-0.39, 0.29) is 0 Å². The van der Waals surface area contributed by atoms with E-state index in [1.807, 2.05) is 13.0 Å². The Morgan fingerprint density at radius 3 is 2.80 bits per heavy atom. The molecule has 0 bridgehead atoms. The van der Waals surface area contributed by atoms with Crippen molar-refractivity contribution in [2.75, 3.05) is 24.6 Å². The molecule has 1 fully saturated rings. The molecule has 2 atom stereocenters. The molecule has 0 aliphatic carbocycles. The van der Waals surface area contributed by atoms with Gasteiger partial charge < -0.3 is 15.0 Å². The molecular weight excluding hydrogens is 248 g/mol. The molecule has 3 heteroatoms. The van der Waals surface area contributed by atoms with Crippen molar-refractivity contribution in [1.29, 1.82) is 0 Å². The van der Waals surface area contributed by atoms with Crippen LogP contribution in [0.3, 0.4) is 0 Å². The normalized spacial score (nSPS) is 24.1. The lowest BCUT2D eigenvalue weighted by Gasteiger charge is -2.33. The van der Waals surface area contributed by atoms with Crippen LogP contribution >= 0.6 is 0 Å². The molecule has 1 aliphatic heterocycles.